The van der Waals surface area contributed by atoms with Gasteiger partial charge in [-0.1, -0.05) is 48.5 Å². The number of aromatic amines is 2. The number of amides is 2. The lowest BCUT2D eigenvalue weighted by Crippen LogP contribution is -2.38. The van der Waals surface area contributed by atoms with Crippen LogP contribution in [-0.4, -0.2) is 65.2 Å². The predicted octanol–water partition coefficient (Wildman–Crippen LogP) is 8.55. The van der Waals surface area contributed by atoms with Gasteiger partial charge in [0.25, 0.3) is 0 Å². The van der Waals surface area contributed by atoms with E-state index in [2.05, 4.69) is 19.9 Å². The first-order valence-corrected chi connectivity index (χ1v) is 17.4. The summed E-state index contributed by atoms with van der Waals surface area (Å²) < 4.78 is 41.8. The monoisotopic (exact) mass is 684 g/mol. The van der Waals surface area contributed by atoms with E-state index < -0.39 is 35.3 Å². The maximum Gasteiger partial charge on any atom is 0.411 e. The van der Waals surface area contributed by atoms with Gasteiger partial charge in [-0.05, 0) is 90.2 Å². The van der Waals surface area contributed by atoms with E-state index in [9.17, 15) is 9.59 Å². The first-order valence-electron chi connectivity index (χ1n) is 17.4. The van der Waals surface area contributed by atoms with Crippen molar-refractivity contribution < 1.29 is 27.8 Å². The fourth-order valence-corrected chi connectivity index (χ4v) is 7.63. The van der Waals surface area contributed by atoms with Gasteiger partial charge in [0.2, 0.25) is 11.9 Å². The number of ether oxygens (including phenoxy) is 2. The number of H-pyrrole nitrogens is 2. The lowest BCUT2D eigenvalue weighted by molar-refractivity contribution is 0.0164. The number of piperidine rings is 2. The molecule has 2 aliphatic carbocycles. The minimum Gasteiger partial charge on any atom is -0.444 e. The number of nitrogens with zero attached hydrogens (tertiary/aromatic N) is 4. The Morgan fingerprint density at radius 3 is 1.30 bits per heavy atom. The molecule has 4 aromatic rings. The number of likely N-dealkylation sites (tertiary alicyclic amines) is 2. The predicted molar refractivity (Wildman–Crippen MR) is 182 cm³/mol. The molecule has 2 aliphatic heterocycles. The van der Waals surface area contributed by atoms with E-state index in [1.165, 1.54) is 0 Å². The molecular weight excluding hydrogens is 642 g/mol. The van der Waals surface area contributed by atoms with Gasteiger partial charge >= 0.3 is 12.2 Å². The van der Waals surface area contributed by atoms with Gasteiger partial charge in [0.15, 0.2) is 0 Å². The van der Waals surface area contributed by atoms with E-state index in [0.29, 0.717) is 34.6 Å². The molecule has 2 aromatic carbocycles. The number of hydrogen-bond donors (Lipinski definition) is 2. The van der Waals surface area contributed by atoms with Gasteiger partial charge in [-0.2, -0.15) is 8.78 Å². The van der Waals surface area contributed by atoms with Gasteiger partial charge in [0, 0.05) is 23.2 Å². The quantitative estimate of drug-likeness (QED) is 0.218. The Labute approximate surface area is 289 Å². The van der Waals surface area contributed by atoms with Gasteiger partial charge in [0.05, 0.1) is 12.1 Å². The van der Waals surface area contributed by atoms with Crippen molar-refractivity contribution in [2.75, 3.05) is 0 Å². The highest BCUT2D eigenvalue weighted by molar-refractivity contribution is 5.73. The van der Waals surface area contributed by atoms with Crippen molar-refractivity contribution in [3.05, 3.63) is 72.1 Å². The lowest BCUT2D eigenvalue weighted by atomic mass is 10.0. The number of imidazole rings is 2. The SMILES string of the molecule is CC(C)(C)OC(=O)N1C2CC2C[C@H]1c1nc(-c2ccc(-c3ccc(-c4nc([C@@H]5CC6C[C@H]6N5C(=O)OC(C)(C)C)[nH]c4F)cc3)cc2)c(F)[nH]1. The van der Waals surface area contributed by atoms with Crippen molar-refractivity contribution in [1.29, 1.82) is 0 Å². The summed E-state index contributed by atoms with van der Waals surface area (Å²) in [6.45, 7) is 11.0. The molecule has 2 aromatic heterocycles. The highest BCUT2D eigenvalue weighted by Gasteiger charge is 2.57. The first-order chi connectivity index (χ1) is 23.6. The minimum absolute atomic E-state index is 0.107. The van der Waals surface area contributed by atoms with Crippen LogP contribution >= 0.6 is 0 Å². The van der Waals surface area contributed by atoms with E-state index in [4.69, 9.17) is 9.47 Å². The maximum absolute atomic E-state index is 15.2. The van der Waals surface area contributed by atoms with Gasteiger partial charge in [-0.3, -0.25) is 9.80 Å². The molecule has 8 rings (SSSR count). The second kappa shape index (κ2) is 11.4. The van der Waals surface area contributed by atoms with Crippen LogP contribution < -0.4 is 0 Å². The molecule has 2 N–H and O–H groups in total. The zero-order valence-electron chi connectivity index (χ0n) is 29.1. The van der Waals surface area contributed by atoms with Gasteiger partial charge in [-0.25, -0.2) is 19.6 Å². The fourth-order valence-electron chi connectivity index (χ4n) is 7.63. The highest BCUT2D eigenvalue weighted by atomic mass is 19.1. The number of carbonyl (C=O) groups is 2. The number of carbonyl (C=O) groups excluding carboxylic acids is 2. The number of halogens is 2. The van der Waals surface area contributed by atoms with Crippen LogP contribution in [0.25, 0.3) is 33.6 Å². The van der Waals surface area contributed by atoms with Crippen molar-refractivity contribution >= 4 is 12.2 Å². The third-order valence-corrected chi connectivity index (χ3v) is 10.1. The second-order valence-corrected chi connectivity index (χ2v) is 16.1. The molecule has 12 heteroatoms. The standard InChI is InChI=1S/C38H42F2N6O4/c1-37(2,3)49-35(47)45-25-15-23(25)17-27(45)33-41-29(31(39)43-33)21-11-7-19(8-12-21)20-9-13-22(14-10-20)30-32(40)44-34(42-30)28-18-24-16-26(24)46(28)36(48)50-38(4,5)6/h7-14,23-28H,15-18H2,1-6H3,(H,41,43)(H,42,44)/t23?,24?,25-,26?,27+,28+/m1/s1. The molecule has 4 aliphatic rings. The van der Waals surface area contributed by atoms with Crippen molar-refractivity contribution in [2.45, 2.75) is 103 Å². The van der Waals surface area contributed by atoms with E-state index in [1.807, 2.05) is 90.1 Å². The number of aromatic nitrogens is 4. The van der Waals surface area contributed by atoms with E-state index >= 15 is 8.78 Å². The van der Waals surface area contributed by atoms with Crippen LogP contribution in [0.1, 0.15) is 91.0 Å². The second-order valence-electron chi connectivity index (χ2n) is 16.1. The Kier molecular flexibility index (Phi) is 7.40. The molecule has 0 spiro atoms. The van der Waals surface area contributed by atoms with Gasteiger partial charge in [-0.15, -0.1) is 0 Å². The average Bonchev–Trinajstić information content (AvgIpc) is 3.73. The maximum atomic E-state index is 15.2. The molecule has 2 amide bonds. The molecular formula is C38H42F2N6O4. The third kappa shape index (κ3) is 6.02. The van der Waals surface area contributed by atoms with Crippen LogP contribution in [0.4, 0.5) is 18.4 Å². The van der Waals surface area contributed by atoms with Crippen LogP contribution in [0.5, 0.6) is 0 Å². The van der Waals surface area contributed by atoms with E-state index in [-0.39, 0.29) is 35.6 Å². The third-order valence-electron chi connectivity index (χ3n) is 10.1. The molecule has 3 unspecified atom stereocenters. The van der Waals surface area contributed by atoms with Gasteiger partial charge in [0.1, 0.15) is 34.2 Å². The van der Waals surface area contributed by atoms with Crippen LogP contribution in [0.15, 0.2) is 48.5 Å². The van der Waals surface area contributed by atoms with Crippen LogP contribution in [0.3, 0.4) is 0 Å². The first kappa shape index (κ1) is 32.5. The summed E-state index contributed by atoms with van der Waals surface area (Å²) in [4.78, 5) is 44.3. The van der Waals surface area contributed by atoms with E-state index in [0.717, 1.165) is 36.8 Å². The Balaban J connectivity index is 0.968. The molecule has 2 saturated carbocycles. The summed E-state index contributed by atoms with van der Waals surface area (Å²) in [6, 6.07) is 14.3. The van der Waals surface area contributed by atoms with E-state index in [1.54, 1.807) is 9.80 Å². The lowest BCUT2D eigenvalue weighted by Gasteiger charge is -2.29. The number of nitrogens with one attached hydrogen (secondary N) is 2. The molecule has 4 fully saturated rings. The Morgan fingerprint density at radius 1 is 0.620 bits per heavy atom. The normalized spacial score (nSPS) is 25.4. The summed E-state index contributed by atoms with van der Waals surface area (Å²) in [7, 11) is 0. The minimum atomic E-state index is -0.628. The number of fused-ring (bicyclic) bond motifs is 2. The van der Waals surface area contributed by atoms with Crippen molar-refractivity contribution in [3.63, 3.8) is 0 Å². The zero-order chi connectivity index (χ0) is 35.3. The molecule has 4 heterocycles. The van der Waals surface area contributed by atoms with Crippen LogP contribution in [0.2, 0.25) is 0 Å². The van der Waals surface area contributed by atoms with Gasteiger partial charge < -0.3 is 19.4 Å². The molecule has 262 valence electrons. The molecule has 10 nitrogen and oxygen atoms in total. The topological polar surface area (TPSA) is 116 Å². The number of hydrogen-bond acceptors (Lipinski definition) is 6. The largest absolute Gasteiger partial charge is 0.444 e. The molecule has 0 bridgehead atoms. The Hall–Kier alpha value is -4.74. The van der Waals surface area contributed by atoms with Crippen LogP contribution in [0, 0.1) is 23.7 Å². The van der Waals surface area contributed by atoms with Crippen molar-refractivity contribution in [2.24, 2.45) is 11.8 Å². The summed E-state index contributed by atoms with van der Waals surface area (Å²) in [5.41, 5.74) is 2.13. The zero-order valence-corrected chi connectivity index (χ0v) is 29.1. The number of benzene rings is 2. The molecule has 2 saturated heterocycles. The van der Waals surface area contributed by atoms with Crippen molar-refractivity contribution in [3.8, 4) is 33.6 Å². The van der Waals surface area contributed by atoms with Crippen molar-refractivity contribution in [1.82, 2.24) is 29.7 Å². The smallest absolute Gasteiger partial charge is 0.411 e. The fraction of sp³-hybridized carbons (Fsp3) is 0.474. The Morgan fingerprint density at radius 2 is 0.960 bits per heavy atom. The summed E-state index contributed by atoms with van der Waals surface area (Å²) in [5.74, 6) is 0.511. The Bertz CT molecular complexity index is 1820. The highest BCUT2D eigenvalue weighted by Crippen LogP contribution is 2.54. The van der Waals surface area contributed by atoms with Crippen LogP contribution in [-0.2, 0) is 9.47 Å². The molecule has 0 radical (unpaired) electrons. The molecule has 50 heavy (non-hydrogen) atoms. The molecule has 6 atom stereocenters. The summed E-state index contributed by atoms with van der Waals surface area (Å²) >= 11 is 0. The summed E-state index contributed by atoms with van der Waals surface area (Å²) in [5, 5.41) is 0. The number of rotatable bonds is 5. The average molecular weight is 685 g/mol. The summed E-state index contributed by atoms with van der Waals surface area (Å²) in [6.07, 6.45) is 2.52.